The standard InChI is InChI=1S/C9H13N2/c1-2-3-7-11-9-5-4-6-10-8-9/h4-6,8,11H,1-3,7H2. The Morgan fingerprint density at radius 2 is 2.45 bits per heavy atom. The predicted molar refractivity (Wildman–Crippen MR) is 47.3 cm³/mol. The van der Waals surface area contributed by atoms with E-state index in [1.165, 1.54) is 0 Å². The van der Waals surface area contributed by atoms with Crippen molar-refractivity contribution in [1.82, 2.24) is 4.98 Å². The molecule has 0 fully saturated rings. The summed E-state index contributed by atoms with van der Waals surface area (Å²) in [5.41, 5.74) is 1.08. The number of aromatic nitrogens is 1. The molecule has 0 saturated heterocycles. The van der Waals surface area contributed by atoms with Crippen LogP contribution in [-0.4, -0.2) is 11.5 Å². The zero-order chi connectivity index (χ0) is 7.94. The van der Waals surface area contributed by atoms with Crippen molar-refractivity contribution < 1.29 is 0 Å². The maximum Gasteiger partial charge on any atom is 0.0526 e. The van der Waals surface area contributed by atoms with Gasteiger partial charge in [0.1, 0.15) is 0 Å². The molecule has 0 aliphatic rings. The number of rotatable bonds is 4. The van der Waals surface area contributed by atoms with E-state index in [9.17, 15) is 0 Å². The van der Waals surface area contributed by atoms with Gasteiger partial charge in [-0.2, -0.15) is 0 Å². The Balaban J connectivity index is 2.28. The van der Waals surface area contributed by atoms with Gasteiger partial charge in [-0.1, -0.05) is 13.3 Å². The average molecular weight is 149 g/mol. The molecule has 0 amide bonds. The van der Waals surface area contributed by atoms with Crippen LogP contribution >= 0.6 is 0 Å². The third-order valence-corrected chi connectivity index (χ3v) is 1.42. The summed E-state index contributed by atoms with van der Waals surface area (Å²) in [5.74, 6) is 0. The molecule has 1 radical (unpaired) electrons. The lowest BCUT2D eigenvalue weighted by Crippen LogP contribution is -2.00. The normalized spacial score (nSPS) is 9.55. The lowest BCUT2D eigenvalue weighted by Gasteiger charge is -2.02. The van der Waals surface area contributed by atoms with Gasteiger partial charge in [0, 0.05) is 18.9 Å². The first-order valence-electron chi connectivity index (χ1n) is 3.86. The minimum Gasteiger partial charge on any atom is -0.384 e. The molecule has 1 heterocycles. The molecule has 0 spiro atoms. The first kappa shape index (κ1) is 8.05. The fourth-order valence-corrected chi connectivity index (χ4v) is 0.825. The van der Waals surface area contributed by atoms with Crippen molar-refractivity contribution in [3.8, 4) is 0 Å². The Morgan fingerprint density at radius 3 is 3.09 bits per heavy atom. The zero-order valence-corrected chi connectivity index (χ0v) is 6.59. The van der Waals surface area contributed by atoms with Gasteiger partial charge in [-0.3, -0.25) is 4.98 Å². The molecule has 1 rings (SSSR count). The van der Waals surface area contributed by atoms with E-state index < -0.39 is 0 Å². The van der Waals surface area contributed by atoms with Crippen LogP contribution in [0.15, 0.2) is 24.5 Å². The fraction of sp³-hybridized carbons (Fsp3) is 0.333. The number of nitrogens with one attached hydrogen (secondary N) is 1. The van der Waals surface area contributed by atoms with Crippen molar-refractivity contribution >= 4 is 5.69 Å². The minimum atomic E-state index is 0.979. The van der Waals surface area contributed by atoms with Gasteiger partial charge in [0.2, 0.25) is 0 Å². The lowest BCUT2D eigenvalue weighted by molar-refractivity contribution is 0.886. The van der Waals surface area contributed by atoms with Crippen molar-refractivity contribution in [2.45, 2.75) is 12.8 Å². The monoisotopic (exact) mass is 149 g/mol. The van der Waals surface area contributed by atoms with E-state index in [4.69, 9.17) is 0 Å². The Hall–Kier alpha value is -1.05. The van der Waals surface area contributed by atoms with Crippen LogP contribution in [0.4, 0.5) is 5.69 Å². The number of hydrogen-bond acceptors (Lipinski definition) is 2. The minimum absolute atomic E-state index is 0.979. The molecule has 0 atom stereocenters. The summed E-state index contributed by atoms with van der Waals surface area (Å²) in [5, 5.41) is 3.24. The van der Waals surface area contributed by atoms with Crippen LogP contribution in [0.2, 0.25) is 0 Å². The molecule has 0 aliphatic carbocycles. The smallest absolute Gasteiger partial charge is 0.0526 e. The summed E-state index contributed by atoms with van der Waals surface area (Å²) in [6, 6.07) is 3.93. The Morgan fingerprint density at radius 1 is 1.55 bits per heavy atom. The van der Waals surface area contributed by atoms with Crippen molar-refractivity contribution in [2.75, 3.05) is 11.9 Å². The van der Waals surface area contributed by atoms with Crippen LogP contribution in [0.3, 0.4) is 0 Å². The number of anilines is 1. The molecule has 59 valence electrons. The molecule has 2 heteroatoms. The van der Waals surface area contributed by atoms with E-state index in [1.54, 1.807) is 6.20 Å². The maximum atomic E-state index is 3.99. The molecule has 0 saturated carbocycles. The van der Waals surface area contributed by atoms with Gasteiger partial charge in [-0.15, -0.1) is 0 Å². The molecular weight excluding hydrogens is 136 g/mol. The van der Waals surface area contributed by atoms with Crippen LogP contribution in [0.1, 0.15) is 12.8 Å². The molecule has 1 N–H and O–H groups in total. The summed E-state index contributed by atoms with van der Waals surface area (Å²) in [6.45, 7) is 4.74. The summed E-state index contributed by atoms with van der Waals surface area (Å²) in [6.07, 6.45) is 5.68. The Bertz CT molecular complexity index is 184. The molecule has 0 aliphatic heterocycles. The van der Waals surface area contributed by atoms with Crippen LogP contribution < -0.4 is 5.32 Å². The van der Waals surface area contributed by atoms with Gasteiger partial charge >= 0.3 is 0 Å². The lowest BCUT2D eigenvalue weighted by atomic mass is 10.3. The summed E-state index contributed by atoms with van der Waals surface area (Å²) in [4.78, 5) is 3.99. The summed E-state index contributed by atoms with van der Waals surface area (Å²) < 4.78 is 0. The quantitative estimate of drug-likeness (QED) is 0.663. The van der Waals surface area contributed by atoms with E-state index in [2.05, 4.69) is 17.2 Å². The molecule has 1 aromatic rings. The summed E-state index contributed by atoms with van der Waals surface area (Å²) >= 11 is 0. The number of pyridine rings is 1. The van der Waals surface area contributed by atoms with Crippen molar-refractivity contribution in [2.24, 2.45) is 0 Å². The molecule has 2 nitrogen and oxygen atoms in total. The van der Waals surface area contributed by atoms with Gasteiger partial charge in [-0.05, 0) is 18.6 Å². The molecule has 0 bridgehead atoms. The first-order chi connectivity index (χ1) is 5.43. The highest BCUT2D eigenvalue weighted by Gasteiger charge is 1.87. The van der Waals surface area contributed by atoms with Gasteiger partial charge < -0.3 is 5.32 Å². The van der Waals surface area contributed by atoms with Gasteiger partial charge in [0.25, 0.3) is 0 Å². The number of nitrogens with zero attached hydrogens (tertiary/aromatic N) is 1. The Labute approximate surface area is 67.7 Å². The van der Waals surface area contributed by atoms with E-state index >= 15 is 0 Å². The molecule has 1 aromatic heterocycles. The zero-order valence-electron chi connectivity index (χ0n) is 6.59. The highest BCUT2D eigenvalue weighted by atomic mass is 14.9. The van der Waals surface area contributed by atoms with Crippen molar-refractivity contribution in [3.63, 3.8) is 0 Å². The highest BCUT2D eigenvalue weighted by Crippen LogP contribution is 2.02. The number of unbranched alkanes of at least 4 members (excludes halogenated alkanes) is 1. The van der Waals surface area contributed by atoms with Crippen LogP contribution in [0, 0.1) is 6.92 Å². The predicted octanol–water partition coefficient (Wildman–Crippen LogP) is 2.11. The Kier molecular flexibility index (Phi) is 3.45. The van der Waals surface area contributed by atoms with E-state index in [-0.39, 0.29) is 0 Å². The van der Waals surface area contributed by atoms with Crippen LogP contribution in [-0.2, 0) is 0 Å². The molecular formula is C9H13N2. The topological polar surface area (TPSA) is 24.9 Å². The maximum absolute atomic E-state index is 3.99. The first-order valence-corrected chi connectivity index (χ1v) is 3.86. The fourth-order valence-electron chi connectivity index (χ4n) is 0.825. The second-order valence-corrected chi connectivity index (χ2v) is 2.38. The molecule has 11 heavy (non-hydrogen) atoms. The van der Waals surface area contributed by atoms with Crippen molar-refractivity contribution in [1.29, 1.82) is 0 Å². The number of hydrogen-bond donors (Lipinski definition) is 1. The van der Waals surface area contributed by atoms with Gasteiger partial charge in [-0.25, -0.2) is 0 Å². The van der Waals surface area contributed by atoms with Gasteiger partial charge in [0.05, 0.1) is 5.69 Å². The average Bonchev–Trinajstić information content (AvgIpc) is 2.07. The van der Waals surface area contributed by atoms with Crippen molar-refractivity contribution in [3.05, 3.63) is 31.5 Å². The van der Waals surface area contributed by atoms with E-state index in [0.717, 1.165) is 25.1 Å². The third-order valence-electron chi connectivity index (χ3n) is 1.42. The second kappa shape index (κ2) is 4.72. The highest BCUT2D eigenvalue weighted by molar-refractivity contribution is 5.39. The molecule has 0 unspecified atom stereocenters. The van der Waals surface area contributed by atoms with Gasteiger partial charge in [0.15, 0.2) is 0 Å². The van der Waals surface area contributed by atoms with Crippen LogP contribution in [0.5, 0.6) is 0 Å². The summed E-state index contributed by atoms with van der Waals surface area (Å²) in [7, 11) is 0. The van der Waals surface area contributed by atoms with E-state index in [0.29, 0.717) is 0 Å². The largest absolute Gasteiger partial charge is 0.384 e. The van der Waals surface area contributed by atoms with Crippen LogP contribution in [0.25, 0.3) is 0 Å². The second-order valence-electron chi connectivity index (χ2n) is 2.38. The third kappa shape index (κ3) is 3.03. The van der Waals surface area contributed by atoms with E-state index in [1.807, 2.05) is 18.3 Å². The SMILES string of the molecule is [CH2]CCCNc1cccnc1. The molecule has 0 aromatic carbocycles.